The van der Waals surface area contributed by atoms with Crippen molar-refractivity contribution >= 4 is 68.1 Å². The van der Waals surface area contributed by atoms with Gasteiger partial charge in [0.2, 0.25) is 0 Å². The minimum Gasteiger partial charge on any atom is -0.172 e. The molecular weight excluding hydrogens is 669 g/mol. The smallest absolute Gasteiger partial charge is 0.114 e. The molecular formula is C40H48N2S5. The van der Waals surface area contributed by atoms with E-state index in [4.69, 9.17) is 8.75 Å². The topological polar surface area (TPSA) is 25.8 Å². The highest BCUT2D eigenvalue weighted by Crippen LogP contribution is 2.44. The lowest BCUT2D eigenvalue weighted by Crippen LogP contribution is -2.00. The lowest BCUT2D eigenvalue weighted by molar-refractivity contribution is 0.423. The molecule has 0 radical (unpaired) electrons. The maximum absolute atomic E-state index is 4.81. The molecule has 2 atom stereocenters. The second-order valence-corrected chi connectivity index (χ2v) is 17.9. The summed E-state index contributed by atoms with van der Waals surface area (Å²) < 4.78 is 9.62. The summed E-state index contributed by atoms with van der Waals surface area (Å²) in [5, 5.41) is 0. The molecule has 248 valence electrons. The molecule has 7 heteroatoms. The molecule has 6 aromatic rings. The maximum atomic E-state index is 4.81. The molecule has 0 spiro atoms. The summed E-state index contributed by atoms with van der Waals surface area (Å²) in [5.74, 6) is 1.72. The van der Waals surface area contributed by atoms with Crippen molar-refractivity contribution in [3.05, 3.63) is 70.4 Å². The number of rotatable bonds is 18. The minimum absolute atomic E-state index is 0.860. The van der Waals surface area contributed by atoms with E-state index in [9.17, 15) is 0 Å². The summed E-state index contributed by atoms with van der Waals surface area (Å²) >= 11 is 9.02. The Labute approximate surface area is 302 Å². The fourth-order valence-electron chi connectivity index (χ4n) is 6.57. The molecule has 0 N–H and O–H groups in total. The lowest BCUT2D eigenvalue weighted by atomic mass is 9.94. The van der Waals surface area contributed by atoms with Crippen LogP contribution in [0, 0.1) is 11.8 Å². The van der Waals surface area contributed by atoms with E-state index < -0.39 is 0 Å². The van der Waals surface area contributed by atoms with Crippen molar-refractivity contribution in [1.29, 1.82) is 0 Å². The number of fused-ring (bicyclic) bond motifs is 1. The van der Waals surface area contributed by atoms with Crippen molar-refractivity contribution in [3.8, 4) is 40.4 Å². The van der Waals surface area contributed by atoms with Crippen LogP contribution in [0.15, 0.2) is 60.7 Å². The standard InChI is InChI=1S/C40H48N2S5/c1-5-9-11-27(7-3)13-15-29-17-21-35(43-29)37-25-23-33(45-37)31-19-20-32(40-39(31)41-47-42-40)34-24-26-38(46-34)36-22-18-30(44-36)16-14-28(8-4)12-10-6-2/h17-28H,5-16H2,1-4H3. The van der Waals surface area contributed by atoms with Crippen LogP contribution in [-0.2, 0) is 12.8 Å². The van der Waals surface area contributed by atoms with Gasteiger partial charge in [0.1, 0.15) is 11.0 Å². The van der Waals surface area contributed by atoms with Crippen LogP contribution in [0.5, 0.6) is 0 Å². The minimum atomic E-state index is 0.860. The Balaban J connectivity index is 1.14. The third kappa shape index (κ3) is 8.53. The van der Waals surface area contributed by atoms with Crippen LogP contribution in [-0.4, -0.2) is 8.75 Å². The van der Waals surface area contributed by atoms with Crippen LogP contribution in [0.3, 0.4) is 0 Å². The van der Waals surface area contributed by atoms with E-state index in [-0.39, 0.29) is 0 Å². The molecule has 47 heavy (non-hydrogen) atoms. The van der Waals surface area contributed by atoms with Gasteiger partial charge in [-0.1, -0.05) is 91.2 Å². The van der Waals surface area contributed by atoms with Gasteiger partial charge >= 0.3 is 0 Å². The normalized spacial score (nSPS) is 13.1. The van der Waals surface area contributed by atoms with Gasteiger partial charge in [0, 0.05) is 50.1 Å². The van der Waals surface area contributed by atoms with Crippen molar-refractivity contribution in [2.24, 2.45) is 11.8 Å². The highest BCUT2D eigenvalue weighted by molar-refractivity contribution is 7.24. The molecule has 0 saturated heterocycles. The van der Waals surface area contributed by atoms with Crippen LogP contribution in [0.25, 0.3) is 51.4 Å². The molecule has 6 rings (SSSR count). The Kier molecular flexibility index (Phi) is 12.5. The van der Waals surface area contributed by atoms with E-state index in [1.807, 2.05) is 45.3 Å². The zero-order chi connectivity index (χ0) is 32.6. The van der Waals surface area contributed by atoms with Gasteiger partial charge in [-0.15, -0.1) is 45.3 Å². The van der Waals surface area contributed by atoms with E-state index in [1.165, 1.54) is 139 Å². The van der Waals surface area contributed by atoms with Gasteiger partial charge in [0.05, 0.1) is 11.7 Å². The molecule has 0 fully saturated rings. The number of hydrogen-bond donors (Lipinski definition) is 0. The van der Waals surface area contributed by atoms with Gasteiger partial charge in [-0.05, 0) is 86.1 Å². The van der Waals surface area contributed by atoms with E-state index in [2.05, 4.69) is 88.4 Å². The predicted octanol–water partition coefficient (Wildman–Crippen LogP) is 14.9. The molecule has 5 aromatic heterocycles. The first kappa shape index (κ1) is 34.7. The number of aryl methyl sites for hydroxylation is 2. The first-order valence-corrected chi connectivity index (χ1v) is 21.7. The maximum Gasteiger partial charge on any atom is 0.114 e. The first-order chi connectivity index (χ1) is 23.1. The third-order valence-electron chi connectivity index (χ3n) is 9.65. The number of thiophene rings is 4. The number of hydrogen-bond acceptors (Lipinski definition) is 7. The summed E-state index contributed by atoms with van der Waals surface area (Å²) in [6.45, 7) is 9.31. The van der Waals surface area contributed by atoms with Crippen LogP contribution in [0.4, 0.5) is 0 Å². The first-order valence-electron chi connectivity index (χ1n) is 17.7. The van der Waals surface area contributed by atoms with Crippen molar-refractivity contribution in [2.75, 3.05) is 0 Å². The Morgan fingerprint density at radius 2 is 0.872 bits per heavy atom. The van der Waals surface area contributed by atoms with Crippen LogP contribution >= 0.6 is 57.1 Å². The van der Waals surface area contributed by atoms with Gasteiger partial charge in [-0.2, -0.15) is 8.75 Å². The SMILES string of the molecule is CCCCC(CC)CCc1ccc(-c2ccc(-c3ccc(-c4ccc(-c5ccc(CCC(CC)CCCC)s5)s4)c4nsnc34)s2)s1. The lowest BCUT2D eigenvalue weighted by Gasteiger charge is -2.13. The molecule has 0 aliphatic carbocycles. The number of benzene rings is 1. The Bertz CT molecular complexity index is 1700. The number of nitrogens with zero attached hydrogens (tertiary/aromatic N) is 2. The zero-order valence-electron chi connectivity index (χ0n) is 28.3. The Morgan fingerprint density at radius 1 is 0.468 bits per heavy atom. The molecule has 2 unspecified atom stereocenters. The molecule has 2 nitrogen and oxygen atoms in total. The quantitative estimate of drug-likeness (QED) is 0.0885. The van der Waals surface area contributed by atoms with E-state index in [1.54, 1.807) is 0 Å². The molecule has 1 aromatic carbocycles. The van der Waals surface area contributed by atoms with Crippen LogP contribution < -0.4 is 0 Å². The number of aromatic nitrogens is 2. The summed E-state index contributed by atoms with van der Waals surface area (Å²) in [6.07, 6.45) is 15.7. The van der Waals surface area contributed by atoms with Crippen molar-refractivity contribution in [1.82, 2.24) is 8.75 Å². The number of unbranched alkanes of at least 4 members (excludes halogenated alkanes) is 2. The summed E-state index contributed by atoms with van der Waals surface area (Å²) in [7, 11) is 0. The summed E-state index contributed by atoms with van der Waals surface area (Å²) in [4.78, 5) is 11.0. The monoisotopic (exact) mass is 716 g/mol. The van der Waals surface area contributed by atoms with Gasteiger partial charge in [-0.3, -0.25) is 0 Å². The van der Waals surface area contributed by atoms with Gasteiger partial charge < -0.3 is 0 Å². The van der Waals surface area contributed by atoms with Crippen LogP contribution in [0.1, 0.15) is 102 Å². The second-order valence-electron chi connectivity index (χ2n) is 12.9. The molecule has 0 aliphatic rings. The predicted molar refractivity (Wildman–Crippen MR) is 214 cm³/mol. The van der Waals surface area contributed by atoms with E-state index >= 15 is 0 Å². The van der Waals surface area contributed by atoms with Gasteiger partial charge in [0.15, 0.2) is 0 Å². The Morgan fingerprint density at radius 3 is 1.30 bits per heavy atom. The fourth-order valence-corrected chi connectivity index (χ4v) is 11.4. The van der Waals surface area contributed by atoms with Crippen molar-refractivity contribution in [3.63, 3.8) is 0 Å². The third-order valence-corrected chi connectivity index (χ3v) is 15.1. The Hall–Kier alpha value is -2.16. The second kappa shape index (κ2) is 17.0. The van der Waals surface area contributed by atoms with E-state index in [0.717, 1.165) is 22.9 Å². The van der Waals surface area contributed by atoms with Crippen molar-refractivity contribution in [2.45, 2.75) is 105 Å². The summed E-state index contributed by atoms with van der Waals surface area (Å²) in [5.41, 5.74) is 4.42. The fraction of sp³-hybridized carbons (Fsp3) is 0.450. The average Bonchev–Trinajstić information content (AvgIpc) is 3.94. The molecule has 5 heterocycles. The van der Waals surface area contributed by atoms with Gasteiger partial charge in [-0.25, -0.2) is 0 Å². The van der Waals surface area contributed by atoms with Crippen molar-refractivity contribution < 1.29 is 0 Å². The van der Waals surface area contributed by atoms with Gasteiger partial charge in [0.25, 0.3) is 0 Å². The van der Waals surface area contributed by atoms with E-state index in [0.29, 0.717) is 0 Å². The molecule has 0 bridgehead atoms. The molecule has 0 aliphatic heterocycles. The highest BCUT2D eigenvalue weighted by Gasteiger charge is 2.18. The average molecular weight is 717 g/mol. The zero-order valence-corrected chi connectivity index (χ0v) is 32.4. The molecule has 0 amide bonds. The highest BCUT2D eigenvalue weighted by atomic mass is 32.1. The van der Waals surface area contributed by atoms with Crippen LogP contribution in [0.2, 0.25) is 0 Å². The largest absolute Gasteiger partial charge is 0.172 e. The molecule has 0 saturated carbocycles. The summed E-state index contributed by atoms with van der Waals surface area (Å²) in [6, 6.07) is 23.0.